The van der Waals surface area contributed by atoms with E-state index in [-0.39, 0.29) is 36.3 Å². The quantitative estimate of drug-likeness (QED) is 0.406. The summed E-state index contributed by atoms with van der Waals surface area (Å²) in [6.07, 6.45) is 0. The van der Waals surface area contributed by atoms with E-state index in [0.29, 0.717) is 11.5 Å². The van der Waals surface area contributed by atoms with Gasteiger partial charge in [0.15, 0.2) is 0 Å². The van der Waals surface area contributed by atoms with Crippen molar-refractivity contribution in [3.8, 4) is 0 Å². The Balaban J connectivity index is -0.0000000720. The molecule has 0 unspecified atom stereocenters. The molecule has 0 spiro atoms. The summed E-state index contributed by atoms with van der Waals surface area (Å²) in [7, 11) is 0. The summed E-state index contributed by atoms with van der Waals surface area (Å²) < 4.78 is 0. The molecular weight excluding hydrogens is 168 g/mol. The summed E-state index contributed by atoms with van der Waals surface area (Å²) in [6.45, 7) is 0.269. The smallest absolute Gasteiger partial charge is 0.790 e. The number of hydrogen-bond donors (Lipinski definition) is 2. The number of rotatable bonds is 2. The van der Waals surface area contributed by atoms with Gasteiger partial charge in [-0.05, 0) is 0 Å². The summed E-state index contributed by atoms with van der Waals surface area (Å²) in [4.78, 5) is 0. The van der Waals surface area contributed by atoms with Gasteiger partial charge < -0.3 is 35.5 Å². The van der Waals surface area contributed by atoms with Crippen LogP contribution >= 0.6 is 0 Å². The minimum atomic E-state index is 0. The van der Waals surface area contributed by atoms with Crippen molar-refractivity contribution in [3.63, 3.8) is 0 Å². The Morgan fingerprint density at radius 2 is 1.00 bits per heavy atom. The van der Waals surface area contributed by atoms with Crippen LogP contribution in [0.3, 0.4) is 0 Å². The van der Waals surface area contributed by atoms with E-state index < -0.39 is 0 Å². The molecule has 9 heavy (non-hydrogen) atoms. The maximum absolute atomic E-state index is 7.77. The molecule has 0 aliphatic heterocycles. The molecule has 0 aromatic carbocycles. The first kappa shape index (κ1) is 16.8. The predicted molar refractivity (Wildman–Crippen MR) is 44.4 cm³/mol. The van der Waals surface area contributed by atoms with E-state index in [1.807, 2.05) is 0 Å². The van der Waals surface area contributed by atoms with Gasteiger partial charge in [0.2, 0.25) is 0 Å². The Bertz CT molecular complexity index is 24.5. The van der Waals surface area contributed by atoms with Crippen LogP contribution in [0.2, 0.25) is 0 Å². The standard InChI is InChI=1S/2C2H6OS.Mg/c2*3-1-2-4;/h2*3-4H,1-2H2;/q;;+2/p-2. The minimum Gasteiger partial charge on any atom is -0.790 e. The van der Waals surface area contributed by atoms with Gasteiger partial charge in [0, 0.05) is 13.2 Å². The molecule has 0 saturated heterocycles. The summed E-state index contributed by atoms with van der Waals surface area (Å²) in [5.74, 6) is 0.917. The minimum absolute atomic E-state index is 0. The van der Waals surface area contributed by atoms with Crippen molar-refractivity contribution in [3.05, 3.63) is 0 Å². The van der Waals surface area contributed by atoms with Crippen molar-refractivity contribution in [2.75, 3.05) is 24.7 Å². The van der Waals surface area contributed by atoms with E-state index >= 15 is 0 Å². The molecule has 0 amide bonds. The first-order chi connectivity index (χ1) is 3.83. The van der Waals surface area contributed by atoms with Gasteiger partial charge in [-0.25, -0.2) is 0 Å². The van der Waals surface area contributed by atoms with Gasteiger partial charge in [0.1, 0.15) is 0 Å². The Kier molecular flexibility index (Phi) is 42.4. The number of aliphatic hydroxyl groups excluding tert-OH is 2. The van der Waals surface area contributed by atoms with E-state index in [2.05, 4.69) is 25.3 Å². The SMILES string of the molecule is OCC[S-].OCC[S-].[Mg+2]. The maximum Gasteiger partial charge on any atom is 2.00 e. The van der Waals surface area contributed by atoms with Crippen molar-refractivity contribution in [2.45, 2.75) is 0 Å². The second kappa shape index (κ2) is 22.8. The molecule has 52 valence electrons. The molecule has 0 rings (SSSR count). The topological polar surface area (TPSA) is 40.5 Å². The third kappa shape index (κ3) is 44.7. The molecule has 5 heteroatoms. The summed E-state index contributed by atoms with van der Waals surface area (Å²) in [6, 6.07) is 0. The summed E-state index contributed by atoms with van der Waals surface area (Å²) >= 11 is 8.61. The zero-order chi connectivity index (χ0) is 6.83. The first-order valence-corrected chi connectivity index (χ1v) is 3.36. The van der Waals surface area contributed by atoms with Gasteiger partial charge in [0.25, 0.3) is 0 Å². The van der Waals surface area contributed by atoms with Crippen LogP contribution in [0.25, 0.3) is 0 Å². The van der Waals surface area contributed by atoms with Crippen LogP contribution in [-0.2, 0) is 25.3 Å². The molecule has 0 atom stereocenters. The van der Waals surface area contributed by atoms with Gasteiger partial charge in [-0.1, -0.05) is 0 Å². The largest absolute Gasteiger partial charge is 2.00 e. The van der Waals surface area contributed by atoms with E-state index in [4.69, 9.17) is 10.2 Å². The number of aliphatic hydroxyl groups is 2. The van der Waals surface area contributed by atoms with Gasteiger partial charge >= 0.3 is 23.1 Å². The molecule has 0 aromatic rings. The van der Waals surface area contributed by atoms with E-state index in [0.717, 1.165) is 0 Å². The van der Waals surface area contributed by atoms with E-state index in [9.17, 15) is 0 Å². The normalized spacial score (nSPS) is 6.67. The van der Waals surface area contributed by atoms with E-state index in [1.54, 1.807) is 0 Å². The number of hydrogen-bond acceptors (Lipinski definition) is 4. The molecule has 0 aliphatic carbocycles. The van der Waals surface area contributed by atoms with Gasteiger partial charge in [-0.15, -0.1) is 0 Å². The second-order valence-electron chi connectivity index (χ2n) is 0.855. The fourth-order valence-corrected chi connectivity index (χ4v) is 0. The van der Waals surface area contributed by atoms with Crippen molar-refractivity contribution >= 4 is 48.3 Å². The van der Waals surface area contributed by atoms with Gasteiger partial charge in [0.05, 0.1) is 0 Å². The zero-order valence-corrected chi connectivity index (χ0v) is 8.29. The third-order valence-electron chi connectivity index (χ3n) is 0.183. The van der Waals surface area contributed by atoms with Crippen LogP contribution in [-0.4, -0.2) is 58.0 Å². The Morgan fingerprint density at radius 3 is 1.00 bits per heavy atom. The molecule has 0 fully saturated rings. The zero-order valence-electron chi connectivity index (χ0n) is 5.25. The maximum atomic E-state index is 7.77. The van der Waals surface area contributed by atoms with Crippen LogP contribution < -0.4 is 0 Å². The fourth-order valence-electron chi connectivity index (χ4n) is 0. The second-order valence-corrected chi connectivity index (χ2v) is 1.67. The molecule has 0 aromatic heterocycles. The van der Waals surface area contributed by atoms with Crippen molar-refractivity contribution < 1.29 is 10.2 Å². The average Bonchev–Trinajstić information content (AvgIpc) is 1.88. The Hall–Kier alpha value is 1.39. The van der Waals surface area contributed by atoms with Crippen LogP contribution in [0, 0.1) is 0 Å². The Labute approximate surface area is 83.0 Å². The molecule has 0 radical (unpaired) electrons. The fraction of sp³-hybridized carbons (Fsp3) is 1.00. The molecule has 0 aliphatic rings. The van der Waals surface area contributed by atoms with Crippen LogP contribution in [0.5, 0.6) is 0 Å². The Morgan fingerprint density at radius 1 is 0.889 bits per heavy atom. The molecule has 2 nitrogen and oxygen atoms in total. The average molecular weight is 179 g/mol. The molecule has 2 N–H and O–H groups in total. The van der Waals surface area contributed by atoms with E-state index in [1.165, 1.54) is 0 Å². The van der Waals surface area contributed by atoms with Gasteiger partial charge in [-0.2, -0.15) is 11.5 Å². The molecule has 0 heterocycles. The van der Waals surface area contributed by atoms with Crippen molar-refractivity contribution in [1.82, 2.24) is 0 Å². The van der Waals surface area contributed by atoms with Crippen LogP contribution in [0.1, 0.15) is 0 Å². The van der Waals surface area contributed by atoms with Crippen molar-refractivity contribution in [1.29, 1.82) is 0 Å². The molecule has 0 saturated carbocycles. The van der Waals surface area contributed by atoms with Crippen molar-refractivity contribution in [2.24, 2.45) is 0 Å². The summed E-state index contributed by atoms with van der Waals surface area (Å²) in [5, 5.41) is 15.5. The molecule has 0 bridgehead atoms. The van der Waals surface area contributed by atoms with Crippen LogP contribution in [0.15, 0.2) is 0 Å². The predicted octanol–water partition coefficient (Wildman–Crippen LogP) is -1.33. The first-order valence-electron chi connectivity index (χ1n) is 2.21. The third-order valence-corrected chi connectivity index (χ3v) is 0.548. The van der Waals surface area contributed by atoms with Crippen LogP contribution in [0.4, 0.5) is 0 Å². The summed E-state index contributed by atoms with van der Waals surface area (Å²) in [5.41, 5.74) is 0. The van der Waals surface area contributed by atoms with Gasteiger partial charge in [-0.3, -0.25) is 0 Å². The monoisotopic (exact) mass is 178 g/mol. The molecular formula is C4H10MgO2S2.